The fourth-order valence-electron chi connectivity index (χ4n) is 3.41. The third-order valence-electron chi connectivity index (χ3n) is 4.78. The quantitative estimate of drug-likeness (QED) is 0.870. The van der Waals surface area contributed by atoms with E-state index in [1.807, 2.05) is 17.9 Å². The molecule has 1 fully saturated rings. The Morgan fingerprint density at radius 2 is 2.14 bits per heavy atom. The highest BCUT2D eigenvalue weighted by Crippen LogP contribution is 2.22. The van der Waals surface area contributed by atoms with Crippen LogP contribution in [-0.2, 0) is 20.0 Å². The zero-order valence-electron chi connectivity index (χ0n) is 13.9. The minimum atomic E-state index is 0.722. The van der Waals surface area contributed by atoms with Crippen LogP contribution in [-0.4, -0.2) is 32.8 Å². The van der Waals surface area contributed by atoms with E-state index in [0.717, 1.165) is 24.6 Å². The van der Waals surface area contributed by atoms with Crippen molar-refractivity contribution in [2.45, 2.75) is 39.7 Å². The fourth-order valence-corrected chi connectivity index (χ4v) is 3.41. The molecule has 118 valence electrons. The predicted molar refractivity (Wildman–Crippen MR) is 88.6 cm³/mol. The average molecular weight is 298 g/mol. The maximum absolute atomic E-state index is 4.66. The molecule has 0 aliphatic carbocycles. The first-order valence-corrected chi connectivity index (χ1v) is 8.24. The molecule has 2 aromatic heterocycles. The van der Waals surface area contributed by atoms with Gasteiger partial charge in [0.1, 0.15) is 0 Å². The summed E-state index contributed by atoms with van der Waals surface area (Å²) in [7, 11) is 2.02. The van der Waals surface area contributed by atoms with Crippen LogP contribution in [0.15, 0.2) is 24.4 Å². The van der Waals surface area contributed by atoms with Gasteiger partial charge in [0.05, 0.1) is 6.20 Å². The van der Waals surface area contributed by atoms with E-state index in [4.69, 9.17) is 0 Å². The molecular formula is C18H26N4. The summed E-state index contributed by atoms with van der Waals surface area (Å²) in [6.07, 6.45) is 5.72. The largest absolute Gasteiger partial charge is 0.299 e. The van der Waals surface area contributed by atoms with E-state index < -0.39 is 0 Å². The van der Waals surface area contributed by atoms with Gasteiger partial charge in [-0.25, -0.2) is 0 Å². The van der Waals surface area contributed by atoms with E-state index in [9.17, 15) is 0 Å². The van der Waals surface area contributed by atoms with E-state index in [1.165, 1.54) is 42.9 Å². The van der Waals surface area contributed by atoms with Gasteiger partial charge in [0, 0.05) is 42.8 Å². The Morgan fingerprint density at radius 1 is 1.27 bits per heavy atom. The van der Waals surface area contributed by atoms with Gasteiger partial charge < -0.3 is 0 Å². The van der Waals surface area contributed by atoms with E-state index >= 15 is 0 Å². The lowest BCUT2D eigenvalue weighted by Gasteiger charge is -2.32. The van der Waals surface area contributed by atoms with Crippen LogP contribution in [0, 0.1) is 19.8 Å². The zero-order valence-corrected chi connectivity index (χ0v) is 13.9. The number of hydrogen-bond acceptors (Lipinski definition) is 3. The SMILES string of the molecule is Cc1cccc(CC2CCCN(Cc3cnn(C)c3C)C2)n1. The molecule has 3 heterocycles. The van der Waals surface area contributed by atoms with Crippen molar-refractivity contribution in [1.82, 2.24) is 19.7 Å². The number of hydrogen-bond donors (Lipinski definition) is 0. The number of pyridine rings is 1. The normalized spacial score (nSPS) is 19.5. The predicted octanol–water partition coefficient (Wildman–Crippen LogP) is 2.89. The molecule has 0 saturated carbocycles. The number of piperidine rings is 1. The lowest BCUT2D eigenvalue weighted by Crippen LogP contribution is -2.36. The van der Waals surface area contributed by atoms with Crippen LogP contribution in [0.5, 0.6) is 0 Å². The van der Waals surface area contributed by atoms with Crippen molar-refractivity contribution >= 4 is 0 Å². The first-order valence-electron chi connectivity index (χ1n) is 8.24. The molecule has 0 bridgehead atoms. The highest BCUT2D eigenvalue weighted by Gasteiger charge is 2.21. The van der Waals surface area contributed by atoms with Gasteiger partial charge in [-0.2, -0.15) is 5.10 Å². The van der Waals surface area contributed by atoms with Gasteiger partial charge in [0.25, 0.3) is 0 Å². The van der Waals surface area contributed by atoms with Crippen LogP contribution >= 0.6 is 0 Å². The molecule has 1 unspecified atom stereocenters. The van der Waals surface area contributed by atoms with Gasteiger partial charge in [0.15, 0.2) is 0 Å². The van der Waals surface area contributed by atoms with Crippen LogP contribution in [0.3, 0.4) is 0 Å². The van der Waals surface area contributed by atoms with Crippen LogP contribution < -0.4 is 0 Å². The van der Waals surface area contributed by atoms with Gasteiger partial charge in [0.2, 0.25) is 0 Å². The molecule has 0 spiro atoms. The molecule has 22 heavy (non-hydrogen) atoms. The summed E-state index contributed by atoms with van der Waals surface area (Å²) in [5, 5.41) is 4.36. The average Bonchev–Trinajstić information content (AvgIpc) is 2.80. The smallest absolute Gasteiger partial charge is 0.0537 e. The molecule has 2 aromatic rings. The standard InChI is InChI=1S/C18H26N4/c1-14-6-4-8-18(20-14)10-16-7-5-9-22(12-16)13-17-11-19-21(3)15(17)2/h4,6,8,11,16H,5,7,9-10,12-13H2,1-3H3. The lowest BCUT2D eigenvalue weighted by molar-refractivity contribution is 0.166. The molecule has 0 N–H and O–H groups in total. The summed E-state index contributed by atoms with van der Waals surface area (Å²) < 4.78 is 1.97. The summed E-state index contributed by atoms with van der Waals surface area (Å²) in [6.45, 7) is 7.62. The highest BCUT2D eigenvalue weighted by atomic mass is 15.3. The molecule has 4 heteroatoms. The second-order valence-electron chi connectivity index (χ2n) is 6.60. The molecule has 0 amide bonds. The second kappa shape index (κ2) is 6.61. The maximum Gasteiger partial charge on any atom is 0.0537 e. The fraction of sp³-hybridized carbons (Fsp3) is 0.556. The van der Waals surface area contributed by atoms with Crippen LogP contribution in [0.4, 0.5) is 0 Å². The van der Waals surface area contributed by atoms with E-state index in [2.05, 4.69) is 47.0 Å². The van der Waals surface area contributed by atoms with Gasteiger partial charge in [-0.15, -0.1) is 0 Å². The summed E-state index contributed by atoms with van der Waals surface area (Å²) >= 11 is 0. The topological polar surface area (TPSA) is 34.0 Å². The molecule has 4 nitrogen and oxygen atoms in total. The third kappa shape index (κ3) is 3.55. The van der Waals surface area contributed by atoms with Crippen molar-refractivity contribution in [1.29, 1.82) is 0 Å². The van der Waals surface area contributed by atoms with Crippen LogP contribution in [0.1, 0.15) is 35.5 Å². The van der Waals surface area contributed by atoms with Gasteiger partial charge in [-0.1, -0.05) is 6.07 Å². The minimum absolute atomic E-state index is 0.722. The Bertz CT molecular complexity index is 632. The second-order valence-corrected chi connectivity index (χ2v) is 6.60. The molecular weight excluding hydrogens is 272 g/mol. The molecule has 1 saturated heterocycles. The third-order valence-corrected chi connectivity index (χ3v) is 4.78. The number of nitrogens with zero attached hydrogens (tertiary/aromatic N) is 4. The highest BCUT2D eigenvalue weighted by molar-refractivity contribution is 5.16. The Kier molecular flexibility index (Phi) is 4.57. The summed E-state index contributed by atoms with van der Waals surface area (Å²) in [4.78, 5) is 7.24. The number of aryl methyl sites for hydroxylation is 2. The Hall–Kier alpha value is -1.68. The Labute approximate surface area is 133 Å². The first kappa shape index (κ1) is 15.2. The maximum atomic E-state index is 4.66. The summed E-state index contributed by atoms with van der Waals surface area (Å²) in [6, 6.07) is 6.36. The molecule has 3 rings (SSSR count). The molecule has 1 aliphatic heterocycles. The molecule has 1 atom stereocenters. The van der Waals surface area contributed by atoms with Crippen molar-refractivity contribution < 1.29 is 0 Å². The van der Waals surface area contributed by atoms with E-state index in [0.29, 0.717) is 0 Å². The summed E-state index contributed by atoms with van der Waals surface area (Å²) in [5.74, 6) is 0.722. The monoisotopic (exact) mass is 298 g/mol. The van der Waals surface area contributed by atoms with Crippen LogP contribution in [0.2, 0.25) is 0 Å². The van der Waals surface area contributed by atoms with Crippen molar-refractivity contribution in [3.63, 3.8) is 0 Å². The van der Waals surface area contributed by atoms with Crippen LogP contribution in [0.25, 0.3) is 0 Å². The van der Waals surface area contributed by atoms with Crippen molar-refractivity contribution in [2.24, 2.45) is 13.0 Å². The van der Waals surface area contributed by atoms with Crippen molar-refractivity contribution in [2.75, 3.05) is 13.1 Å². The Morgan fingerprint density at radius 3 is 2.86 bits per heavy atom. The van der Waals surface area contributed by atoms with E-state index in [-0.39, 0.29) is 0 Å². The van der Waals surface area contributed by atoms with Gasteiger partial charge >= 0.3 is 0 Å². The lowest BCUT2D eigenvalue weighted by atomic mass is 9.93. The molecule has 0 radical (unpaired) electrons. The molecule has 1 aliphatic rings. The first-order chi connectivity index (χ1) is 10.6. The van der Waals surface area contributed by atoms with Crippen molar-refractivity contribution in [3.05, 3.63) is 47.0 Å². The minimum Gasteiger partial charge on any atom is -0.299 e. The Balaban J connectivity index is 1.60. The number of aromatic nitrogens is 3. The van der Waals surface area contributed by atoms with Gasteiger partial charge in [-0.05, 0) is 57.7 Å². The number of rotatable bonds is 4. The summed E-state index contributed by atoms with van der Waals surface area (Å²) in [5.41, 5.74) is 5.00. The zero-order chi connectivity index (χ0) is 15.5. The van der Waals surface area contributed by atoms with Crippen molar-refractivity contribution in [3.8, 4) is 0 Å². The van der Waals surface area contributed by atoms with E-state index in [1.54, 1.807) is 0 Å². The number of likely N-dealkylation sites (tertiary alicyclic amines) is 1. The van der Waals surface area contributed by atoms with Gasteiger partial charge in [-0.3, -0.25) is 14.6 Å². The molecule has 0 aromatic carbocycles.